The third kappa shape index (κ3) is 4.88. The molecule has 0 aliphatic heterocycles. The molecular formula is C18H26F2. The molecule has 0 heterocycles. The van der Waals surface area contributed by atoms with Crippen molar-refractivity contribution in [3.63, 3.8) is 0 Å². The molecule has 0 amide bonds. The Morgan fingerprint density at radius 3 is 2.00 bits per heavy atom. The summed E-state index contributed by atoms with van der Waals surface area (Å²) in [6.45, 7) is 2.25. The van der Waals surface area contributed by atoms with Crippen LogP contribution in [0.4, 0.5) is 8.78 Å². The molecule has 0 saturated heterocycles. The second kappa shape index (κ2) is 7.75. The highest BCUT2D eigenvalue weighted by atomic mass is 19.1. The van der Waals surface area contributed by atoms with Gasteiger partial charge in [-0.3, -0.25) is 0 Å². The first-order valence-electron chi connectivity index (χ1n) is 8.12. The van der Waals surface area contributed by atoms with E-state index in [0.717, 1.165) is 36.3 Å². The summed E-state index contributed by atoms with van der Waals surface area (Å²) in [6, 6.07) is 3.88. The van der Waals surface area contributed by atoms with Gasteiger partial charge in [0.1, 0.15) is 11.6 Å². The average molecular weight is 280 g/mol. The van der Waals surface area contributed by atoms with Crippen molar-refractivity contribution in [2.45, 2.75) is 64.7 Å². The van der Waals surface area contributed by atoms with Crippen molar-refractivity contribution in [2.24, 2.45) is 11.8 Å². The Bertz CT molecular complexity index is 386. The molecule has 1 saturated carbocycles. The van der Waals surface area contributed by atoms with E-state index in [1.807, 2.05) is 0 Å². The van der Waals surface area contributed by atoms with Crippen LogP contribution in [0.1, 0.15) is 63.9 Å². The largest absolute Gasteiger partial charge is 0.207 e. The average Bonchev–Trinajstić information content (AvgIpc) is 2.43. The van der Waals surface area contributed by atoms with E-state index in [2.05, 4.69) is 6.92 Å². The lowest BCUT2D eigenvalue weighted by atomic mass is 9.78. The minimum absolute atomic E-state index is 0.455. The Kier molecular flexibility index (Phi) is 6.00. The summed E-state index contributed by atoms with van der Waals surface area (Å²) in [5.41, 5.74) is 0.801. The van der Waals surface area contributed by atoms with Crippen molar-refractivity contribution < 1.29 is 8.78 Å². The molecule has 1 aliphatic rings. The fourth-order valence-corrected chi connectivity index (χ4v) is 3.43. The highest BCUT2D eigenvalue weighted by Crippen LogP contribution is 2.34. The summed E-state index contributed by atoms with van der Waals surface area (Å²) in [7, 11) is 0. The van der Waals surface area contributed by atoms with Gasteiger partial charge in [-0.25, -0.2) is 8.78 Å². The van der Waals surface area contributed by atoms with Gasteiger partial charge in [-0.15, -0.1) is 0 Å². The van der Waals surface area contributed by atoms with Crippen LogP contribution in [-0.2, 0) is 6.42 Å². The van der Waals surface area contributed by atoms with Gasteiger partial charge in [-0.05, 0) is 42.4 Å². The van der Waals surface area contributed by atoms with Crippen LogP contribution < -0.4 is 0 Å². The predicted molar refractivity (Wildman–Crippen MR) is 79.7 cm³/mol. The molecule has 1 aromatic carbocycles. The normalized spacial score (nSPS) is 22.9. The number of rotatable bonds is 6. The lowest BCUT2D eigenvalue weighted by molar-refractivity contribution is 0.250. The van der Waals surface area contributed by atoms with Crippen molar-refractivity contribution >= 4 is 0 Å². The molecule has 0 unspecified atom stereocenters. The van der Waals surface area contributed by atoms with E-state index in [9.17, 15) is 8.78 Å². The number of benzene rings is 1. The Morgan fingerprint density at radius 2 is 1.45 bits per heavy atom. The van der Waals surface area contributed by atoms with Crippen LogP contribution in [0.15, 0.2) is 18.2 Å². The standard InChI is InChI=1S/C18H26F2/c1-2-3-4-14-5-7-15(8-6-14)9-10-16-11-17(19)13-18(20)12-16/h11-15H,2-10H2,1H3. The molecular weight excluding hydrogens is 254 g/mol. The molecule has 0 aromatic heterocycles. The van der Waals surface area contributed by atoms with E-state index in [-0.39, 0.29) is 0 Å². The number of hydrogen-bond donors (Lipinski definition) is 0. The quantitative estimate of drug-likeness (QED) is 0.609. The minimum Gasteiger partial charge on any atom is -0.207 e. The summed E-state index contributed by atoms with van der Waals surface area (Å²) >= 11 is 0. The smallest absolute Gasteiger partial charge is 0.126 e. The zero-order valence-corrected chi connectivity index (χ0v) is 12.5. The van der Waals surface area contributed by atoms with Crippen LogP contribution in [0, 0.1) is 23.5 Å². The lowest BCUT2D eigenvalue weighted by Gasteiger charge is -2.28. The van der Waals surface area contributed by atoms with E-state index in [1.54, 1.807) is 0 Å². The number of hydrogen-bond acceptors (Lipinski definition) is 0. The zero-order chi connectivity index (χ0) is 14.4. The topological polar surface area (TPSA) is 0 Å². The number of halogens is 2. The lowest BCUT2D eigenvalue weighted by Crippen LogP contribution is -2.15. The molecule has 1 fully saturated rings. The van der Waals surface area contributed by atoms with E-state index >= 15 is 0 Å². The third-order valence-electron chi connectivity index (χ3n) is 4.70. The Labute approximate surface area is 121 Å². The summed E-state index contributed by atoms with van der Waals surface area (Å²) in [5, 5.41) is 0. The van der Waals surface area contributed by atoms with Crippen molar-refractivity contribution in [3.8, 4) is 0 Å². The number of unbranched alkanes of at least 4 members (excludes halogenated alkanes) is 1. The van der Waals surface area contributed by atoms with Gasteiger partial charge in [0.05, 0.1) is 0 Å². The number of aryl methyl sites for hydroxylation is 1. The molecule has 1 aromatic rings. The van der Waals surface area contributed by atoms with Crippen LogP contribution in [0.3, 0.4) is 0 Å². The molecule has 112 valence electrons. The SMILES string of the molecule is CCCCC1CCC(CCc2cc(F)cc(F)c2)CC1. The molecule has 1 aliphatic carbocycles. The molecule has 0 atom stereocenters. The maximum absolute atomic E-state index is 13.1. The van der Waals surface area contributed by atoms with E-state index in [4.69, 9.17) is 0 Å². The molecule has 20 heavy (non-hydrogen) atoms. The summed E-state index contributed by atoms with van der Waals surface area (Å²) in [5.74, 6) is 0.767. The minimum atomic E-state index is -0.455. The monoisotopic (exact) mass is 280 g/mol. The molecule has 0 radical (unpaired) electrons. The second-order valence-corrected chi connectivity index (χ2v) is 6.35. The van der Waals surface area contributed by atoms with Gasteiger partial charge < -0.3 is 0 Å². The van der Waals surface area contributed by atoms with E-state index < -0.39 is 11.6 Å². The van der Waals surface area contributed by atoms with Crippen LogP contribution in [-0.4, -0.2) is 0 Å². The highest BCUT2D eigenvalue weighted by molar-refractivity contribution is 5.18. The van der Waals surface area contributed by atoms with Crippen LogP contribution in [0.2, 0.25) is 0 Å². The van der Waals surface area contributed by atoms with Gasteiger partial charge in [-0.1, -0.05) is 51.9 Å². The Morgan fingerprint density at radius 1 is 0.900 bits per heavy atom. The summed E-state index contributed by atoms with van der Waals surface area (Å²) in [6.07, 6.45) is 11.2. The fourth-order valence-electron chi connectivity index (χ4n) is 3.43. The third-order valence-corrected chi connectivity index (χ3v) is 4.70. The first-order chi connectivity index (χ1) is 9.67. The summed E-state index contributed by atoms with van der Waals surface area (Å²) < 4.78 is 26.2. The van der Waals surface area contributed by atoms with Crippen LogP contribution in [0.25, 0.3) is 0 Å². The first-order valence-corrected chi connectivity index (χ1v) is 8.12. The Hall–Kier alpha value is -0.920. The van der Waals surface area contributed by atoms with Gasteiger partial charge in [0.25, 0.3) is 0 Å². The molecule has 0 bridgehead atoms. The van der Waals surface area contributed by atoms with Crippen LogP contribution in [0.5, 0.6) is 0 Å². The maximum Gasteiger partial charge on any atom is 0.126 e. The predicted octanol–water partition coefficient (Wildman–Crippen LogP) is 5.89. The van der Waals surface area contributed by atoms with Gasteiger partial charge in [0.2, 0.25) is 0 Å². The van der Waals surface area contributed by atoms with Crippen molar-refractivity contribution in [3.05, 3.63) is 35.4 Å². The van der Waals surface area contributed by atoms with Crippen molar-refractivity contribution in [2.75, 3.05) is 0 Å². The van der Waals surface area contributed by atoms with Gasteiger partial charge >= 0.3 is 0 Å². The Balaban J connectivity index is 1.73. The van der Waals surface area contributed by atoms with Crippen molar-refractivity contribution in [1.29, 1.82) is 0 Å². The maximum atomic E-state index is 13.1. The van der Waals surface area contributed by atoms with E-state index in [0.29, 0.717) is 0 Å². The second-order valence-electron chi connectivity index (χ2n) is 6.35. The van der Waals surface area contributed by atoms with Gasteiger partial charge in [0, 0.05) is 6.07 Å². The molecule has 0 N–H and O–H groups in total. The van der Waals surface area contributed by atoms with Gasteiger partial charge in [-0.2, -0.15) is 0 Å². The fraction of sp³-hybridized carbons (Fsp3) is 0.667. The summed E-state index contributed by atoms with van der Waals surface area (Å²) in [4.78, 5) is 0. The molecule has 0 nitrogen and oxygen atoms in total. The van der Waals surface area contributed by atoms with E-state index in [1.165, 1.54) is 57.1 Å². The zero-order valence-electron chi connectivity index (χ0n) is 12.5. The molecule has 2 heteroatoms. The molecule has 2 rings (SSSR count). The van der Waals surface area contributed by atoms with Gasteiger partial charge in [0.15, 0.2) is 0 Å². The van der Waals surface area contributed by atoms with Crippen molar-refractivity contribution in [1.82, 2.24) is 0 Å². The highest BCUT2D eigenvalue weighted by Gasteiger charge is 2.20. The first kappa shape index (κ1) is 15.5. The molecule has 0 spiro atoms. The van der Waals surface area contributed by atoms with Crippen LogP contribution >= 0.6 is 0 Å².